The van der Waals surface area contributed by atoms with Crippen molar-refractivity contribution in [1.29, 1.82) is 0 Å². The third-order valence-electron chi connectivity index (χ3n) is 4.54. The summed E-state index contributed by atoms with van der Waals surface area (Å²) in [5, 5.41) is 2.87. The van der Waals surface area contributed by atoms with Gasteiger partial charge < -0.3 is 14.8 Å². The molecule has 1 N–H and O–H groups in total. The second-order valence-electron chi connectivity index (χ2n) is 6.65. The van der Waals surface area contributed by atoms with E-state index in [4.69, 9.17) is 9.47 Å². The van der Waals surface area contributed by atoms with Crippen LogP contribution in [0.4, 0.5) is 5.69 Å². The van der Waals surface area contributed by atoms with Crippen LogP contribution in [0.25, 0.3) is 0 Å². The molecule has 1 atom stereocenters. The number of ether oxygens (including phenoxy) is 2. The molecule has 0 aromatic heterocycles. The summed E-state index contributed by atoms with van der Waals surface area (Å²) in [6.07, 6.45) is -0.675. The van der Waals surface area contributed by atoms with Crippen molar-refractivity contribution in [2.45, 2.75) is 20.0 Å². The van der Waals surface area contributed by atoms with Gasteiger partial charge >= 0.3 is 0 Å². The van der Waals surface area contributed by atoms with Gasteiger partial charge in [-0.15, -0.1) is 0 Å². The van der Waals surface area contributed by atoms with Crippen molar-refractivity contribution < 1.29 is 19.1 Å². The summed E-state index contributed by atoms with van der Waals surface area (Å²) in [5.74, 6) is 0.860. The van der Waals surface area contributed by atoms with Gasteiger partial charge in [0.05, 0.1) is 7.11 Å². The number of hydrogen-bond donors (Lipinski definition) is 1. The zero-order valence-electron chi connectivity index (χ0n) is 16.6. The number of benzene rings is 3. The van der Waals surface area contributed by atoms with Crippen LogP contribution >= 0.6 is 0 Å². The van der Waals surface area contributed by atoms with Crippen molar-refractivity contribution >= 4 is 17.4 Å². The first kappa shape index (κ1) is 20.1. The zero-order valence-corrected chi connectivity index (χ0v) is 16.6. The van der Waals surface area contributed by atoms with Crippen LogP contribution in [0.15, 0.2) is 72.8 Å². The number of amides is 1. The van der Waals surface area contributed by atoms with Crippen LogP contribution in [0, 0.1) is 6.92 Å². The van der Waals surface area contributed by atoms with Gasteiger partial charge in [-0.25, -0.2) is 0 Å². The molecule has 148 valence electrons. The van der Waals surface area contributed by atoms with Gasteiger partial charge in [0.2, 0.25) is 5.78 Å². The normalized spacial score (nSPS) is 11.4. The van der Waals surface area contributed by atoms with E-state index in [9.17, 15) is 9.59 Å². The minimum absolute atomic E-state index is 0.137. The van der Waals surface area contributed by atoms with Gasteiger partial charge in [-0.2, -0.15) is 0 Å². The third kappa shape index (κ3) is 5.02. The molecule has 0 saturated heterocycles. The number of nitrogens with one attached hydrogen (secondary N) is 1. The standard InChI is InChI=1S/C24H23NO4/c1-16-7-4-5-10-22(16)24(27)25-19-8-6-9-21(15-19)29-17(2)23(26)18-11-13-20(28-3)14-12-18/h4-15,17H,1-3H3,(H,25,27). The van der Waals surface area contributed by atoms with E-state index in [0.717, 1.165) is 5.56 Å². The second-order valence-corrected chi connectivity index (χ2v) is 6.65. The molecule has 5 heteroatoms. The average Bonchev–Trinajstić information content (AvgIpc) is 2.73. The Kier molecular flexibility index (Phi) is 6.29. The molecule has 0 spiro atoms. The summed E-state index contributed by atoms with van der Waals surface area (Å²) in [6.45, 7) is 3.59. The first-order chi connectivity index (χ1) is 14.0. The van der Waals surface area contributed by atoms with E-state index in [1.54, 1.807) is 68.6 Å². The van der Waals surface area contributed by atoms with Gasteiger partial charge in [0.25, 0.3) is 5.91 Å². The van der Waals surface area contributed by atoms with Crippen LogP contribution in [-0.2, 0) is 0 Å². The summed E-state index contributed by atoms with van der Waals surface area (Å²) >= 11 is 0. The summed E-state index contributed by atoms with van der Waals surface area (Å²) < 4.78 is 10.9. The fraction of sp³-hybridized carbons (Fsp3) is 0.167. The number of carbonyl (C=O) groups excluding carboxylic acids is 2. The Morgan fingerprint density at radius 2 is 1.62 bits per heavy atom. The highest BCUT2D eigenvalue weighted by Crippen LogP contribution is 2.21. The Hall–Kier alpha value is -3.60. The van der Waals surface area contributed by atoms with E-state index in [1.165, 1.54) is 0 Å². The summed E-state index contributed by atoms with van der Waals surface area (Å²) in [7, 11) is 1.58. The minimum Gasteiger partial charge on any atom is -0.497 e. The number of methoxy groups -OCH3 is 1. The lowest BCUT2D eigenvalue weighted by Gasteiger charge is -2.15. The predicted molar refractivity (Wildman–Crippen MR) is 113 cm³/mol. The minimum atomic E-state index is -0.675. The van der Waals surface area contributed by atoms with Gasteiger partial charge in [0.1, 0.15) is 11.5 Å². The van der Waals surface area contributed by atoms with Crippen LogP contribution in [0.5, 0.6) is 11.5 Å². The largest absolute Gasteiger partial charge is 0.497 e. The van der Waals surface area contributed by atoms with E-state index in [0.29, 0.717) is 28.3 Å². The zero-order chi connectivity index (χ0) is 20.8. The Labute approximate surface area is 170 Å². The lowest BCUT2D eigenvalue weighted by Crippen LogP contribution is -2.24. The summed E-state index contributed by atoms with van der Waals surface area (Å²) in [6, 6.07) is 21.3. The molecule has 1 amide bonds. The molecule has 5 nitrogen and oxygen atoms in total. The van der Waals surface area contributed by atoms with E-state index in [1.807, 2.05) is 25.1 Å². The molecule has 0 aliphatic carbocycles. The number of aryl methyl sites for hydroxylation is 1. The highest BCUT2D eigenvalue weighted by atomic mass is 16.5. The fourth-order valence-electron chi connectivity index (χ4n) is 2.92. The quantitative estimate of drug-likeness (QED) is 0.584. The maximum absolute atomic E-state index is 12.6. The van der Waals surface area contributed by atoms with Gasteiger partial charge in [-0.3, -0.25) is 9.59 Å². The average molecular weight is 389 g/mol. The predicted octanol–water partition coefficient (Wildman–Crippen LogP) is 4.91. The van der Waals surface area contributed by atoms with Gasteiger partial charge in [-0.1, -0.05) is 24.3 Å². The first-order valence-electron chi connectivity index (χ1n) is 9.30. The van der Waals surface area contributed by atoms with Gasteiger partial charge in [0.15, 0.2) is 6.10 Å². The smallest absolute Gasteiger partial charge is 0.255 e. The van der Waals surface area contributed by atoms with Crippen molar-refractivity contribution in [3.8, 4) is 11.5 Å². The molecule has 0 radical (unpaired) electrons. The Morgan fingerprint density at radius 3 is 2.31 bits per heavy atom. The van der Waals surface area contributed by atoms with Crippen LogP contribution in [0.2, 0.25) is 0 Å². The highest BCUT2D eigenvalue weighted by Gasteiger charge is 2.17. The number of carbonyl (C=O) groups is 2. The molecule has 0 aliphatic heterocycles. The molecule has 1 unspecified atom stereocenters. The van der Waals surface area contributed by atoms with E-state index in [-0.39, 0.29) is 11.7 Å². The molecule has 0 heterocycles. The van der Waals surface area contributed by atoms with Crippen LogP contribution in [-0.4, -0.2) is 24.9 Å². The number of ketones is 1. The second kappa shape index (κ2) is 9.06. The monoisotopic (exact) mass is 389 g/mol. The lowest BCUT2D eigenvalue weighted by molar-refractivity contribution is 0.0818. The summed E-state index contributed by atoms with van der Waals surface area (Å²) in [4.78, 5) is 25.1. The van der Waals surface area contributed by atoms with Gasteiger partial charge in [0, 0.05) is 22.9 Å². The van der Waals surface area contributed by atoms with Crippen molar-refractivity contribution in [2.24, 2.45) is 0 Å². The number of Topliss-reactive ketones (excluding diaryl/α,β-unsaturated/α-hetero) is 1. The molecule has 0 fully saturated rings. The molecule has 3 rings (SSSR count). The maximum Gasteiger partial charge on any atom is 0.255 e. The van der Waals surface area contributed by atoms with Crippen molar-refractivity contribution in [2.75, 3.05) is 12.4 Å². The summed E-state index contributed by atoms with van der Waals surface area (Å²) in [5.41, 5.74) is 2.65. The van der Waals surface area contributed by atoms with Crippen molar-refractivity contribution in [1.82, 2.24) is 0 Å². The van der Waals surface area contributed by atoms with Crippen LogP contribution in [0.3, 0.4) is 0 Å². The third-order valence-corrected chi connectivity index (χ3v) is 4.54. The van der Waals surface area contributed by atoms with Crippen LogP contribution in [0.1, 0.15) is 33.2 Å². The topological polar surface area (TPSA) is 64.6 Å². The Bertz CT molecular complexity index is 1010. The lowest BCUT2D eigenvalue weighted by atomic mass is 10.1. The fourth-order valence-corrected chi connectivity index (χ4v) is 2.92. The van der Waals surface area contributed by atoms with Gasteiger partial charge in [-0.05, 0) is 61.9 Å². The number of rotatable bonds is 7. The molecular weight excluding hydrogens is 366 g/mol. The molecule has 3 aromatic carbocycles. The molecule has 0 aliphatic rings. The Balaban J connectivity index is 1.68. The SMILES string of the molecule is COc1ccc(C(=O)C(C)Oc2cccc(NC(=O)c3ccccc3C)c2)cc1. The Morgan fingerprint density at radius 1 is 0.897 bits per heavy atom. The van der Waals surface area contributed by atoms with E-state index >= 15 is 0 Å². The number of hydrogen-bond acceptors (Lipinski definition) is 4. The molecule has 0 saturated carbocycles. The van der Waals surface area contributed by atoms with E-state index in [2.05, 4.69) is 5.32 Å². The van der Waals surface area contributed by atoms with Crippen LogP contribution < -0.4 is 14.8 Å². The molecule has 0 bridgehead atoms. The number of anilines is 1. The van der Waals surface area contributed by atoms with Crippen molar-refractivity contribution in [3.05, 3.63) is 89.5 Å². The molecule has 29 heavy (non-hydrogen) atoms. The molecule has 3 aromatic rings. The highest BCUT2D eigenvalue weighted by molar-refractivity contribution is 6.05. The first-order valence-corrected chi connectivity index (χ1v) is 9.30. The van der Waals surface area contributed by atoms with E-state index < -0.39 is 6.10 Å². The maximum atomic E-state index is 12.6. The van der Waals surface area contributed by atoms with Crippen molar-refractivity contribution in [3.63, 3.8) is 0 Å². The molecular formula is C24H23NO4.